The summed E-state index contributed by atoms with van der Waals surface area (Å²) in [6, 6.07) is 5.81. The standard InChI is InChI=1S/C13H7Cl2F3N2O/c14-9-6-19-11(15)5-7(9)12(21)20-10-4-2-1-3-8(10)13(16,17)18/h1-6H,(H,20,21). The van der Waals surface area contributed by atoms with Crippen LogP contribution in [0.3, 0.4) is 0 Å². The molecule has 0 atom stereocenters. The third-order valence-electron chi connectivity index (χ3n) is 2.55. The molecule has 1 aromatic carbocycles. The lowest BCUT2D eigenvalue weighted by Gasteiger charge is -2.13. The number of carbonyl (C=O) groups is 1. The molecule has 1 aromatic heterocycles. The van der Waals surface area contributed by atoms with E-state index in [0.29, 0.717) is 0 Å². The zero-order valence-corrected chi connectivity index (χ0v) is 11.7. The van der Waals surface area contributed by atoms with Gasteiger partial charge in [-0.15, -0.1) is 0 Å². The van der Waals surface area contributed by atoms with Crippen molar-refractivity contribution < 1.29 is 18.0 Å². The minimum atomic E-state index is -4.58. The number of benzene rings is 1. The number of para-hydroxylation sites is 1. The van der Waals surface area contributed by atoms with Gasteiger partial charge in [-0.2, -0.15) is 13.2 Å². The molecule has 1 N–H and O–H groups in total. The first-order chi connectivity index (χ1) is 9.79. The monoisotopic (exact) mass is 334 g/mol. The molecule has 2 rings (SSSR count). The Morgan fingerprint density at radius 3 is 2.52 bits per heavy atom. The van der Waals surface area contributed by atoms with E-state index < -0.39 is 17.6 Å². The van der Waals surface area contributed by atoms with Crippen LogP contribution >= 0.6 is 23.2 Å². The van der Waals surface area contributed by atoms with Gasteiger partial charge >= 0.3 is 6.18 Å². The molecule has 0 unspecified atom stereocenters. The topological polar surface area (TPSA) is 42.0 Å². The Balaban J connectivity index is 2.35. The van der Waals surface area contributed by atoms with Gasteiger partial charge in [-0.25, -0.2) is 4.98 Å². The zero-order valence-electron chi connectivity index (χ0n) is 10.2. The minimum absolute atomic E-state index is 0.00802. The smallest absolute Gasteiger partial charge is 0.321 e. The molecule has 110 valence electrons. The molecule has 1 amide bonds. The molecular weight excluding hydrogens is 328 g/mol. The van der Waals surface area contributed by atoms with Crippen molar-refractivity contribution in [1.29, 1.82) is 0 Å². The van der Waals surface area contributed by atoms with Gasteiger partial charge in [-0.05, 0) is 18.2 Å². The number of rotatable bonds is 2. The third kappa shape index (κ3) is 3.65. The van der Waals surface area contributed by atoms with E-state index in [-0.39, 0.29) is 21.4 Å². The van der Waals surface area contributed by atoms with Gasteiger partial charge in [0.25, 0.3) is 5.91 Å². The fraction of sp³-hybridized carbons (Fsp3) is 0.0769. The second-order valence-electron chi connectivity index (χ2n) is 3.98. The van der Waals surface area contributed by atoms with Crippen molar-refractivity contribution in [2.24, 2.45) is 0 Å². The van der Waals surface area contributed by atoms with Crippen LogP contribution in [-0.4, -0.2) is 10.9 Å². The van der Waals surface area contributed by atoms with Crippen molar-refractivity contribution in [1.82, 2.24) is 4.98 Å². The Labute approximate surface area is 127 Å². The molecule has 1 heterocycles. The van der Waals surface area contributed by atoms with Crippen molar-refractivity contribution in [3.8, 4) is 0 Å². The number of aromatic nitrogens is 1. The number of alkyl halides is 3. The molecule has 0 fully saturated rings. The van der Waals surface area contributed by atoms with Gasteiger partial charge in [0, 0.05) is 6.20 Å². The molecule has 3 nitrogen and oxygen atoms in total. The molecule has 0 saturated carbocycles. The fourth-order valence-corrected chi connectivity index (χ4v) is 1.96. The van der Waals surface area contributed by atoms with Gasteiger partial charge in [0.15, 0.2) is 0 Å². The number of pyridine rings is 1. The summed E-state index contributed by atoms with van der Waals surface area (Å²) >= 11 is 11.4. The first-order valence-corrected chi connectivity index (χ1v) is 6.33. The predicted molar refractivity (Wildman–Crippen MR) is 73.7 cm³/mol. The van der Waals surface area contributed by atoms with Crippen molar-refractivity contribution in [3.63, 3.8) is 0 Å². The van der Waals surface area contributed by atoms with Gasteiger partial charge in [0.2, 0.25) is 0 Å². The van der Waals surface area contributed by atoms with Crippen molar-refractivity contribution >= 4 is 34.8 Å². The van der Waals surface area contributed by atoms with Gasteiger partial charge in [-0.3, -0.25) is 4.79 Å². The third-order valence-corrected chi connectivity index (χ3v) is 3.06. The van der Waals surface area contributed by atoms with Crippen LogP contribution in [0.25, 0.3) is 0 Å². The molecule has 0 bridgehead atoms. The normalized spacial score (nSPS) is 11.3. The Morgan fingerprint density at radius 2 is 1.86 bits per heavy atom. The molecule has 0 aliphatic rings. The molecule has 0 aliphatic heterocycles. The number of anilines is 1. The molecule has 2 aromatic rings. The summed E-state index contributed by atoms with van der Waals surface area (Å²) in [4.78, 5) is 15.7. The van der Waals surface area contributed by atoms with Crippen LogP contribution in [0.4, 0.5) is 18.9 Å². The quantitative estimate of drug-likeness (QED) is 0.811. The first kappa shape index (κ1) is 15.6. The van der Waals surface area contributed by atoms with Crippen LogP contribution in [0, 0.1) is 0 Å². The zero-order chi connectivity index (χ0) is 15.6. The highest BCUT2D eigenvalue weighted by Gasteiger charge is 2.33. The van der Waals surface area contributed by atoms with Crippen LogP contribution in [0.2, 0.25) is 10.2 Å². The van der Waals surface area contributed by atoms with E-state index in [1.54, 1.807) is 0 Å². The number of halogens is 5. The van der Waals surface area contributed by atoms with Gasteiger partial charge in [0.1, 0.15) is 5.15 Å². The maximum absolute atomic E-state index is 12.8. The van der Waals surface area contributed by atoms with Crippen LogP contribution < -0.4 is 5.32 Å². The second-order valence-corrected chi connectivity index (χ2v) is 4.78. The minimum Gasteiger partial charge on any atom is -0.321 e. The Bertz CT molecular complexity index is 689. The van der Waals surface area contributed by atoms with Gasteiger partial charge in [0.05, 0.1) is 21.8 Å². The van der Waals surface area contributed by atoms with E-state index in [9.17, 15) is 18.0 Å². The Morgan fingerprint density at radius 1 is 1.19 bits per heavy atom. The summed E-state index contributed by atoms with van der Waals surface area (Å²) in [5.74, 6) is -0.805. The number of hydrogen-bond acceptors (Lipinski definition) is 2. The second kappa shape index (κ2) is 5.91. The van der Waals surface area contributed by atoms with E-state index in [1.807, 2.05) is 0 Å². The van der Waals surface area contributed by atoms with Gasteiger partial charge < -0.3 is 5.32 Å². The van der Waals surface area contributed by atoms with Crippen LogP contribution in [0.5, 0.6) is 0 Å². The highest BCUT2D eigenvalue weighted by Crippen LogP contribution is 2.35. The predicted octanol–water partition coefficient (Wildman–Crippen LogP) is 4.66. The maximum Gasteiger partial charge on any atom is 0.418 e. The van der Waals surface area contributed by atoms with E-state index in [1.165, 1.54) is 18.2 Å². The van der Waals surface area contributed by atoms with Crippen LogP contribution in [0.15, 0.2) is 36.5 Å². The lowest BCUT2D eigenvalue weighted by molar-refractivity contribution is -0.136. The Kier molecular flexibility index (Phi) is 4.39. The molecule has 0 saturated heterocycles. The number of hydrogen-bond donors (Lipinski definition) is 1. The van der Waals surface area contributed by atoms with Crippen molar-refractivity contribution in [3.05, 3.63) is 57.8 Å². The first-order valence-electron chi connectivity index (χ1n) is 5.57. The molecular formula is C13H7Cl2F3N2O. The SMILES string of the molecule is O=C(Nc1ccccc1C(F)(F)F)c1cc(Cl)ncc1Cl. The summed E-state index contributed by atoms with van der Waals surface area (Å²) in [5.41, 5.74) is -1.37. The van der Waals surface area contributed by atoms with Crippen LogP contribution in [-0.2, 0) is 6.18 Å². The number of nitrogens with one attached hydrogen (secondary N) is 1. The highest BCUT2D eigenvalue weighted by molar-refractivity contribution is 6.35. The summed E-state index contributed by atoms with van der Waals surface area (Å²) in [6.45, 7) is 0. The van der Waals surface area contributed by atoms with Crippen molar-refractivity contribution in [2.75, 3.05) is 5.32 Å². The molecule has 0 radical (unpaired) electrons. The lowest BCUT2D eigenvalue weighted by Crippen LogP contribution is -2.17. The fourth-order valence-electron chi connectivity index (χ4n) is 1.62. The van der Waals surface area contributed by atoms with Gasteiger partial charge in [-0.1, -0.05) is 35.3 Å². The average Bonchev–Trinajstić information content (AvgIpc) is 2.41. The number of nitrogens with zero attached hydrogens (tertiary/aromatic N) is 1. The number of carbonyl (C=O) groups excluding carboxylic acids is 1. The molecule has 8 heteroatoms. The average molecular weight is 335 g/mol. The number of amides is 1. The summed E-state index contributed by atoms with van der Waals surface area (Å²) in [5, 5.41) is 2.17. The summed E-state index contributed by atoms with van der Waals surface area (Å²) < 4.78 is 38.5. The molecule has 21 heavy (non-hydrogen) atoms. The molecule has 0 aliphatic carbocycles. The van der Waals surface area contributed by atoms with Crippen LogP contribution in [0.1, 0.15) is 15.9 Å². The van der Waals surface area contributed by atoms with Crippen molar-refractivity contribution in [2.45, 2.75) is 6.18 Å². The highest BCUT2D eigenvalue weighted by atomic mass is 35.5. The largest absolute Gasteiger partial charge is 0.418 e. The lowest BCUT2D eigenvalue weighted by atomic mass is 10.1. The van der Waals surface area contributed by atoms with E-state index in [2.05, 4.69) is 10.3 Å². The summed E-state index contributed by atoms with van der Waals surface area (Å²) in [7, 11) is 0. The van der Waals surface area contributed by atoms with E-state index in [0.717, 1.165) is 18.3 Å². The molecule has 0 spiro atoms. The maximum atomic E-state index is 12.8. The van der Waals surface area contributed by atoms with E-state index >= 15 is 0 Å². The summed E-state index contributed by atoms with van der Waals surface area (Å²) in [6.07, 6.45) is -3.43. The Hall–Kier alpha value is -1.79. The van der Waals surface area contributed by atoms with E-state index in [4.69, 9.17) is 23.2 Å².